The van der Waals surface area contributed by atoms with Crippen LogP contribution in [-0.4, -0.2) is 51.0 Å². The van der Waals surface area contributed by atoms with Gasteiger partial charge in [0.25, 0.3) is 0 Å². The number of alkyl halides is 7. The van der Waals surface area contributed by atoms with Crippen LogP contribution in [0.4, 0.5) is 30.7 Å². The molecule has 40 heavy (non-hydrogen) atoms. The van der Waals surface area contributed by atoms with Gasteiger partial charge in [0.05, 0.1) is 29.5 Å². The number of fused-ring (bicyclic) bond motifs is 1. The van der Waals surface area contributed by atoms with E-state index in [1.807, 2.05) is 0 Å². The summed E-state index contributed by atoms with van der Waals surface area (Å²) in [5.41, 5.74) is 1.02. The molecule has 220 valence electrons. The van der Waals surface area contributed by atoms with Gasteiger partial charge in [0.15, 0.2) is 5.65 Å². The van der Waals surface area contributed by atoms with Gasteiger partial charge in [-0.2, -0.15) is 18.3 Å². The molecule has 2 aromatic rings. The molecule has 3 fully saturated rings. The van der Waals surface area contributed by atoms with Gasteiger partial charge >= 0.3 is 6.18 Å². The van der Waals surface area contributed by atoms with Crippen LogP contribution < -0.4 is 10.6 Å². The number of carbonyl (C=O) groups excluding carboxylic acids is 2. The van der Waals surface area contributed by atoms with E-state index in [4.69, 9.17) is 0 Å². The monoisotopic (exact) mass is 577 g/mol. The summed E-state index contributed by atoms with van der Waals surface area (Å²) in [6.45, 7) is -0.463. The fourth-order valence-electron chi connectivity index (χ4n) is 6.05. The maximum atomic E-state index is 13.9. The number of nitrogens with one attached hydrogen (secondary N) is 2. The molecule has 3 heterocycles. The number of carbonyl (C=O) groups is 2. The van der Waals surface area contributed by atoms with Gasteiger partial charge in [-0.15, -0.1) is 0 Å². The van der Waals surface area contributed by atoms with Gasteiger partial charge in [-0.3, -0.25) is 9.59 Å². The van der Waals surface area contributed by atoms with Crippen molar-refractivity contribution in [1.82, 2.24) is 25.2 Å². The number of imidazole rings is 1. The summed E-state index contributed by atoms with van der Waals surface area (Å²) in [5.74, 6) is -10.7. The van der Waals surface area contributed by atoms with Crippen molar-refractivity contribution < 1.29 is 40.3 Å². The summed E-state index contributed by atoms with van der Waals surface area (Å²) in [5, 5.41) is 9.50. The van der Waals surface area contributed by atoms with E-state index < -0.39 is 78.9 Å². The summed E-state index contributed by atoms with van der Waals surface area (Å²) in [6, 6.07) is 2.31. The Balaban J connectivity index is 1.36. The van der Waals surface area contributed by atoms with Crippen molar-refractivity contribution in [1.29, 1.82) is 0 Å². The Hall–Kier alpha value is -2.93. The van der Waals surface area contributed by atoms with Crippen LogP contribution in [0.25, 0.3) is 5.65 Å². The molecule has 2 saturated carbocycles. The zero-order valence-corrected chi connectivity index (χ0v) is 21.5. The van der Waals surface area contributed by atoms with Crippen LogP contribution in [0, 0.1) is 23.7 Å². The summed E-state index contributed by atoms with van der Waals surface area (Å²) in [4.78, 5) is 29.7. The molecule has 2 aromatic heterocycles. The largest absolute Gasteiger partial charge is 0.393 e. The number of amides is 2. The molecule has 2 aliphatic carbocycles. The second-order valence-corrected chi connectivity index (χ2v) is 11.4. The Bertz CT molecular complexity index is 1250. The molecule has 5 rings (SSSR count). The second-order valence-electron chi connectivity index (χ2n) is 11.4. The van der Waals surface area contributed by atoms with E-state index in [-0.39, 0.29) is 44.9 Å². The van der Waals surface area contributed by atoms with Gasteiger partial charge in [-0.1, -0.05) is 0 Å². The Labute approximate surface area is 225 Å². The van der Waals surface area contributed by atoms with Crippen molar-refractivity contribution >= 4 is 17.5 Å². The molecule has 0 aromatic carbocycles. The van der Waals surface area contributed by atoms with E-state index in [0.717, 1.165) is 0 Å². The summed E-state index contributed by atoms with van der Waals surface area (Å²) >= 11 is 0. The Morgan fingerprint density at radius 1 is 1.10 bits per heavy atom. The number of hydrogen-bond acceptors (Lipinski definition) is 4. The molecule has 1 saturated heterocycles. The van der Waals surface area contributed by atoms with E-state index in [1.165, 1.54) is 10.7 Å². The Morgan fingerprint density at radius 3 is 2.45 bits per heavy atom. The first-order valence-electron chi connectivity index (χ1n) is 13.4. The van der Waals surface area contributed by atoms with Crippen LogP contribution >= 0.6 is 0 Å². The molecular formula is C26H30F7N5O2. The molecule has 2 unspecified atom stereocenters. The van der Waals surface area contributed by atoms with Crippen LogP contribution in [0.15, 0.2) is 18.3 Å². The average molecular weight is 578 g/mol. The minimum Gasteiger partial charge on any atom is -0.355 e. The molecule has 1 aliphatic heterocycles. The highest BCUT2D eigenvalue weighted by molar-refractivity contribution is 5.80. The lowest BCUT2D eigenvalue weighted by molar-refractivity contribution is -0.183. The molecule has 0 radical (unpaired) electrons. The van der Waals surface area contributed by atoms with Crippen LogP contribution in [0.1, 0.15) is 68.8 Å². The standard InChI is InChI=1S/C26H30F7N5O2/c27-24(28)6-3-14(4-7-24)21(36-23(40)15-5-8-25(29,30)11-15)19-13-38-20(35-19)2-1-18(37-38)10-16-9-17(26(31,32)33)12-34-22(16)39/h1-2,13-17,21H,3-12H2,(H,34,39)(H,36,40)/t15?,16?,17-,21+/m1/s1. The predicted molar refractivity (Wildman–Crippen MR) is 127 cm³/mol. The average Bonchev–Trinajstić information content (AvgIpc) is 3.45. The topological polar surface area (TPSA) is 88.4 Å². The summed E-state index contributed by atoms with van der Waals surface area (Å²) in [7, 11) is 0. The highest BCUT2D eigenvalue weighted by atomic mass is 19.4. The fourth-order valence-corrected chi connectivity index (χ4v) is 6.05. The predicted octanol–water partition coefficient (Wildman–Crippen LogP) is 5.00. The van der Waals surface area contributed by atoms with Gasteiger partial charge in [-0.25, -0.2) is 27.1 Å². The molecule has 2 N–H and O–H groups in total. The molecule has 14 heteroatoms. The number of piperidine rings is 1. The van der Waals surface area contributed by atoms with E-state index in [0.29, 0.717) is 17.0 Å². The summed E-state index contributed by atoms with van der Waals surface area (Å²) in [6.07, 6.45) is -4.81. The smallest absolute Gasteiger partial charge is 0.355 e. The van der Waals surface area contributed by atoms with Crippen molar-refractivity contribution in [3.8, 4) is 0 Å². The minimum atomic E-state index is -4.43. The molecule has 3 aliphatic rings. The third-order valence-electron chi connectivity index (χ3n) is 8.40. The lowest BCUT2D eigenvalue weighted by Crippen LogP contribution is -2.47. The molecule has 4 atom stereocenters. The van der Waals surface area contributed by atoms with Gasteiger partial charge in [-0.05, 0) is 43.7 Å². The van der Waals surface area contributed by atoms with E-state index in [1.54, 1.807) is 12.1 Å². The number of nitrogens with zero attached hydrogens (tertiary/aromatic N) is 3. The van der Waals surface area contributed by atoms with Gasteiger partial charge in [0.1, 0.15) is 0 Å². The number of aromatic nitrogens is 3. The fraction of sp³-hybridized carbons (Fsp3) is 0.692. The zero-order chi connectivity index (χ0) is 28.9. The van der Waals surface area contributed by atoms with Crippen molar-refractivity contribution in [2.75, 3.05) is 6.54 Å². The quantitative estimate of drug-likeness (QED) is 0.473. The molecule has 0 bridgehead atoms. The van der Waals surface area contributed by atoms with E-state index >= 15 is 0 Å². The van der Waals surface area contributed by atoms with Crippen molar-refractivity contribution in [2.24, 2.45) is 23.7 Å². The van der Waals surface area contributed by atoms with Gasteiger partial charge < -0.3 is 10.6 Å². The highest BCUT2D eigenvalue weighted by Gasteiger charge is 2.46. The zero-order valence-electron chi connectivity index (χ0n) is 21.5. The number of hydrogen-bond donors (Lipinski definition) is 2. The van der Waals surface area contributed by atoms with E-state index in [2.05, 4.69) is 20.7 Å². The first-order chi connectivity index (χ1) is 18.7. The first kappa shape index (κ1) is 28.6. The van der Waals surface area contributed by atoms with Crippen LogP contribution in [0.3, 0.4) is 0 Å². The first-order valence-corrected chi connectivity index (χ1v) is 13.4. The maximum Gasteiger partial charge on any atom is 0.393 e. The normalized spacial score (nSPS) is 27.9. The second kappa shape index (κ2) is 10.5. The molecular weight excluding hydrogens is 547 g/mol. The molecule has 7 nitrogen and oxygen atoms in total. The number of halogens is 7. The highest BCUT2D eigenvalue weighted by Crippen LogP contribution is 2.43. The van der Waals surface area contributed by atoms with Crippen molar-refractivity contribution in [3.63, 3.8) is 0 Å². The van der Waals surface area contributed by atoms with Crippen molar-refractivity contribution in [2.45, 2.75) is 81.9 Å². The van der Waals surface area contributed by atoms with Crippen LogP contribution in [0.5, 0.6) is 0 Å². The Morgan fingerprint density at radius 2 is 1.80 bits per heavy atom. The van der Waals surface area contributed by atoms with Gasteiger partial charge in [0.2, 0.25) is 23.7 Å². The van der Waals surface area contributed by atoms with E-state index in [9.17, 15) is 40.3 Å². The Kier molecular flexibility index (Phi) is 7.49. The third-order valence-corrected chi connectivity index (χ3v) is 8.40. The maximum absolute atomic E-state index is 13.9. The SMILES string of the molecule is O=C1NC[C@H](C(F)(F)F)CC1Cc1ccc2nc([C@@H](NC(=O)C3CCC(F)(F)C3)C3CCC(F)(F)CC3)cn2n1. The third kappa shape index (κ3) is 6.35. The van der Waals surface area contributed by atoms with Crippen molar-refractivity contribution in [3.05, 3.63) is 29.7 Å². The van der Waals surface area contributed by atoms with Gasteiger partial charge in [0, 0.05) is 50.5 Å². The lowest BCUT2D eigenvalue weighted by atomic mass is 9.81. The molecule has 0 spiro atoms. The van der Waals surface area contributed by atoms with Crippen LogP contribution in [-0.2, 0) is 16.0 Å². The lowest BCUT2D eigenvalue weighted by Gasteiger charge is -2.34. The van der Waals surface area contributed by atoms with Crippen LogP contribution in [0.2, 0.25) is 0 Å². The minimum absolute atomic E-state index is 0.0221. The number of rotatable bonds is 6. The summed E-state index contributed by atoms with van der Waals surface area (Å²) < 4.78 is 96.2. The molecule has 2 amide bonds.